The first-order valence-electron chi connectivity index (χ1n) is 21.2. The van der Waals surface area contributed by atoms with Gasteiger partial charge >= 0.3 is 0 Å². The van der Waals surface area contributed by atoms with Gasteiger partial charge in [-0.25, -0.2) is 19.3 Å². The maximum absolute atomic E-state index is 12.6. The smallest absolute Gasteiger partial charge is 0.274 e. The van der Waals surface area contributed by atoms with Crippen LogP contribution in [0.25, 0.3) is 11.2 Å². The Kier molecular flexibility index (Phi) is 23.8. The average molecular weight is 1000 g/mol. The van der Waals surface area contributed by atoms with Crippen molar-refractivity contribution in [2.75, 3.05) is 37.8 Å². The molecule has 1 aliphatic rings. The van der Waals surface area contributed by atoms with Gasteiger partial charge < -0.3 is 69.0 Å². The van der Waals surface area contributed by atoms with E-state index in [1.165, 1.54) is 39.5 Å². The van der Waals surface area contributed by atoms with Crippen molar-refractivity contribution in [2.45, 2.75) is 135 Å². The number of aliphatic hydroxyl groups is 2. The summed E-state index contributed by atoms with van der Waals surface area (Å²) in [6, 6.07) is 0. The van der Waals surface area contributed by atoms with Gasteiger partial charge in [-0.3, -0.25) is 28.1 Å². The normalized spacial score (nSPS) is 20.4. The van der Waals surface area contributed by atoms with Crippen LogP contribution in [-0.2, 0) is 50.7 Å². The van der Waals surface area contributed by atoms with Gasteiger partial charge in [0, 0.05) is 37.1 Å². The number of anilines is 1. The molecule has 1 aliphatic heterocycles. The number of nitrogens with zero attached hydrogens (tertiary/aromatic N) is 4. The van der Waals surface area contributed by atoms with Gasteiger partial charge in [-0.1, -0.05) is 83.2 Å². The lowest BCUT2D eigenvalue weighted by molar-refractivity contribution is -0.347. The minimum absolute atomic E-state index is 0.0190. The van der Waals surface area contributed by atoms with E-state index in [-0.39, 0.29) is 41.6 Å². The Hall–Kier alpha value is -2.70. The number of thioether (sulfide) groups is 1. The van der Waals surface area contributed by atoms with E-state index < -0.39 is 84.6 Å². The van der Waals surface area contributed by atoms with Crippen molar-refractivity contribution in [2.24, 2.45) is 5.41 Å². The Morgan fingerprint density at radius 3 is 2.26 bits per heavy atom. The zero-order valence-electron chi connectivity index (χ0n) is 36.6. The fourth-order valence-electron chi connectivity index (χ4n) is 6.33. The number of aliphatic hydroxyl groups excluding tert-OH is 2. The van der Waals surface area contributed by atoms with Crippen molar-refractivity contribution in [1.29, 1.82) is 0 Å². The molecule has 2 aromatic rings. The lowest BCUT2D eigenvalue weighted by Gasteiger charge is -2.36. The molecule has 1 saturated heterocycles. The van der Waals surface area contributed by atoms with E-state index in [4.69, 9.17) is 10.5 Å². The maximum atomic E-state index is 12.6. The molecule has 7 atom stereocenters. The molecule has 3 rings (SSSR count). The minimum atomic E-state index is -5.92. The van der Waals surface area contributed by atoms with E-state index in [2.05, 4.69) is 62.5 Å². The number of nitrogens with two attached hydrogens (primary N) is 1. The fraction of sp³-hybridized carbons (Fsp3) is 0.730. The molecule has 2 unspecified atom stereocenters. The molecular formula is C37H60N7O17P3S-4. The minimum Gasteiger partial charge on any atom is -0.790 e. The highest BCUT2D eigenvalue weighted by molar-refractivity contribution is 8.13. The molecule has 0 spiro atoms. The van der Waals surface area contributed by atoms with E-state index in [1.54, 1.807) is 0 Å². The number of imidazole rings is 1. The summed E-state index contributed by atoms with van der Waals surface area (Å²) in [6.07, 6.45) is 9.90. The topological polar surface area (TPSA) is 375 Å². The number of hydrogen-bond donors (Lipinski definition) is 5. The molecule has 0 saturated carbocycles. The van der Waals surface area contributed by atoms with Gasteiger partial charge in [0.25, 0.3) is 15.6 Å². The molecule has 0 aliphatic carbocycles. The Morgan fingerprint density at radius 2 is 1.58 bits per heavy atom. The van der Waals surface area contributed by atoms with Crippen LogP contribution in [0.4, 0.5) is 5.82 Å². The van der Waals surface area contributed by atoms with Crippen LogP contribution in [0.15, 0.2) is 24.8 Å². The summed E-state index contributed by atoms with van der Waals surface area (Å²) >= 11 is 1.13. The monoisotopic (exact) mass is 999 g/mol. The molecule has 6 N–H and O–H groups in total. The molecule has 3 heterocycles. The summed E-state index contributed by atoms with van der Waals surface area (Å²) in [5.74, 6) is -1.14. The lowest BCUT2D eigenvalue weighted by atomic mass is 9.87. The van der Waals surface area contributed by atoms with Gasteiger partial charge in [-0.2, -0.15) is 0 Å². The number of fused-ring (bicyclic) bond motifs is 1. The molecule has 1 fully saturated rings. The van der Waals surface area contributed by atoms with Gasteiger partial charge in [0.1, 0.15) is 36.3 Å². The van der Waals surface area contributed by atoms with Crippen molar-refractivity contribution in [1.82, 2.24) is 30.2 Å². The first-order valence-corrected chi connectivity index (χ1v) is 26.5. The Morgan fingerprint density at radius 1 is 0.938 bits per heavy atom. The molecule has 0 bridgehead atoms. The number of carbonyl (C=O) groups is 3. The zero-order valence-corrected chi connectivity index (χ0v) is 40.1. The van der Waals surface area contributed by atoms with Gasteiger partial charge in [-0.15, -0.1) is 0 Å². The third-order valence-corrected chi connectivity index (χ3v) is 13.8. The Labute approximate surface area is 381 Å². The Balaban J connectivity index is 1.33. The first kappa shape index (κ1) is 56.6. The number of allylic oxidation sites excluding steroid dienone is 2. The lowest BCUT2D eigenvalue weighted by Crippen LogP contribution is -2.46. The van der Waals surface area contributed by atoms with Crippen LogP contribution in [0.2, 0.25) is 0 Å². The molecular weight excluding hydrogens is 939 g/mol. The second kappa shape index (κ2) is 27.3. The largest absolute Gasteiger partial charge is 0.790 e. The zero-order chi connectivity index (χ0) is 48.3. The molecule has 24 nitrogen and oxygen atoms in total. The number of amides is 2. The van der Waals surface area contributed by atoms with Crippen molar-refractivity contribution < 1.29 is 80.5 Å². The number of hydrogen-bond acceptors (Lipinski definition) is 22. The van der Waals surface area contributed by atoms with Crippen molar-refractivity contribution in [3.8, 4) is 0 Å². The van der Waals surface area contributed by atoms with Crippen LogP contribution in [0, 0.1) is 5.41 Å². The van der Waals surface area contributed by atoms with Crippen molar-refractivity contribution in [3.05, 3.63) is 24.8 Å². The highest BCUT2D eigenvalue weighted by Gasteiger charge is 2.47. The van der Waals surface area contributed by atoms with Gasteiger partial charge in [-0.05, 0) is 32.1 Å². The number of nitrogen functional groups attached to an aromatic ring is 1. The summed E-state index contributed by atoms with van der Waals surface area (Å²) in [5.41, 5.74) is 4.09. The molecule has 2 aromatic heterocycles. The quantitative estimate of drug-likeness (QED) is 0.0393. The van der Waals surface area contributed by atoms with Crippen LogP contribution in [0.5, 0.6) is 0 Å². The highest BCUT2D eigenvalue weighted by atomic mass is 32.2. The fourth-order valence-corrected chi connectivity index (χ4v) is 9.79. The number of unbranched alkanes of at least 4 members (excludes halogenated alkanes) is 9. The van der Waals surface area contributed by atoms with E-state index in [0.29, 0.717) is 12.2 Å². The molecule has 65 heavy (non-hydrogen) atoms. The number of rotatable bonds is 32. The molecule has 28 heteroatoms. The SMILES string of the molecule is CCCCCC/C=C/CCCCCCCC(=O)SCCNC(=O)CCNC(=O)[C@H](O)C(C)(C)COP(=O)([O-])OP(=O)([O-])OC[C@H]1O[C@@H](n2cnc3c(N)ncnc32)[C@H](O)[C@@H]1OP(=O)([O-])[O-]. The van der Waals surface area contributed by atoms with Crippen molar-refractivity contribution >= 4 is 69.1 Å². The summed E-state index contributed by atoms with van der Waals surface area (Å²) in [4.78, 5) is 96.7. The third-order valence-electron chi connectivity index (χ3n) is 9.88. The van der Waals surface area contributed by atoms with Crippen molar-refractivity contribution in [3.63, 3.8) is 0 Å². The van der Waals surface area contributed by atoms with E-state index in [9.17, 15) is 57.9 Å². The van der Waals surface area contributed by atoms with E-state index in [1.807, 2.05) is 0 Å². The van der Waals surface area contributed by atoms with E-state index in [0.717, 1.165) is 73.9 Å². The molecule has 370 valence electrons. The van der Waals surface area contributed by atoms with Crippen LogP contribution in [-0.4, -0.2) is 103 Å². The van der Waals surface area contributed by atoms with E-state index >= 15 is 0 Å². The predicted molar refractivity (Wildman–Crippen MR) is 228 cm³/mol. The number of nitrogens with one attached hydrogen (secondary N) is 2. The van der Waals surface area contributed by atoms with Gasteiger partial charge in [0.05, 0.1) is 27.4 Å². The second-order valence-corrected chi connectivity index (χ2v) is 21.0. The second-order valence-electron chi connectivity index (χ2n) is 15.8. The van der Waals surface area contributed by atoms with Crippen LogP contribution in [0.3, 0.4) is 0 Å². The van der Waals surface area contributed by atoms with Crippen LogP contribution < -0.4 is 35.9 Å². The average Bonchev–Trinajstić information content (AvgIpc) is 3.79. The molecule has 0 radical (unpaired) electrons. The summed E-state index contributed by atoms with van der Waals surface area (Å²) in [5, 5.41) is 26.4. The first-order chi connectivity index (χ1) is 30.6. The van der Waals surface area contributed by atoms with Crippen LogP contribution >= 0.6 is 35.2 Å². The maximum Gasteiger partial charge on any atom is 0.274 e. The Bertz CT molecular complexity index is 2010. The van der Waals surface area contributed by atoms with Gasteiger partial charge in [0.15, 0.2) is 22.8 Å². The van der Waals surface area contributed by atoms with Crippen LogP contribution in [0.1, 0.15) is 110 Å². The number of carbonyl (C=O) groups excluding carboxylic acids is 3. The molecule has 2 amide bonds. The third kappa shape index (κ3) is 20.6. The van der Waals surface area contributed by atoms with Gasteiger partial charge in [0.2, 0.25) is 11.8 Å². The summed E-state index contributed by atoms with van der Waals surface area (Å²) in [6.45, 7) is 2.37. The summed E-state index contributed by atoms with van der Waals surface area (Å²) < 4.78 is 60.8. The number of phosphoric acid groups is 3. The predicted octanol–water partition coefficient (Wildman–Crippen LogP) is 1.39. The molecule has 0 aromatic carbocycles. The number of phosphoric ester groups is 3. The summed E-state index contributed by atoms with van der Waals surface area (Å²) in [7, 11) is -17.6. The number of aromatic nitrogens is 4. The highest BCUT2D eigenvalue weighted by Crippen LogP contribution is 2.56. The standard InChI is InChI=1S/C37H64N7O17P3S/c1-4-5-6-7-8-9-10-11-12-13-14-15-16-17-28(46)65-21-20-39-27(45)18-19-40-35(49)32(48)37(2,3)23-58-64(55,56)61-63(53,54)57-22-26-31(60-62(50,51)52)30(47)36(59-26)44-25-43-29-33(38)41-24-42-34(29)44/h9-10,24-26,30-32,36,47-48H,4-8,11-23H2,1-3H3,(H,39,45)(H,40,49)(H,53,54)(H,55,56)(H2,38,41,42)(H2,50,51,52)/p-4/b10-9+/t26-,30-,31-,32+,36-/m1/s1. The number of ether oxygens (including phenoxy) is 1.